The van der Waals surface area contributed by atoms with Gasteiger partial charge in [-0.3, -0.25) is 9.78 Å². The first kappa shape index (κ1) is 17.6. The number of carbonyl (C=O) groups excluding carboxylic acids is 1. The average Bonchev–Trinajstić information content (AvgIpc) is 2.67. The summed E-state index contributed by atoms with van der Waals surface area (Å²) in [5.41, 5.74) is 2.36. The van der Waals surface area contributed by atoms with Crippen LogP contribution in [0.5, 0.6) is 0 Å². The lowest BCUT2D eigenvalue weighted by atomic mass is 10.0. The maximum absolute atomic E-state index is 12.2. The molecule has 0 aliphatic carbocycles. The Morgan fingerprint density at radius 2 is 1.96 bits per heavy atom. The molecule has 0 spiro atoms. The Kier molecular flexibility index (Phi) is 6.57. The Morgan fingerprint density at radius 1 is 1.12 bits per heavy atom. The summed E-state index contributed by atoms with van der Waals surface area (Å²) >= 11 is 0. The number of rotatable bonds is 7. The number of carbonyl (C=O) groups is 1. The van der Waals surface area contributed by atoms with E-state index < -0.39 is 0 Å². The zero-order chi connectivity index (χ0) is 17.3. The first-order valence-corrected chi connectivity index (χ1v) is 9.25. The van der Waals surface area contributed by atoms with Gasteiger partial charge in [-0.2, -0.15) is 0 Å². The minimum atomic E-state index is 0.139. The molecule has 4 nitrogen and oxygen atoms in total. The lowest BCUT2D eigenvalue weighted by Gasteiger charge is -2.33. The summed E-state index contributed by atoms with van der Waals surface area (Å²) in [6, 6.07) is 16.7. The van der Waals surface area contributed by atoms with E-state index >= 15 is 0 Å². The van der Waals surface area contributed by atoms with Gasteiger partial charge in [0.2, 0.25) is 5.91 Å². The van der Waals surface area contributed by atoms with Crippen LogP contribution < -0.4 is 5.32 Å². The Morgan fingerprint density at radius 3 is 2.76 bits per heavy atom. The molecule has 0 bridgehead atoms. The molecule has 1 atom stereocenters. The summed E-state index contributed by atoms with van der Waals surface area (Å²) in [6.45, 7) is 3.15. The van der Waals surface area contributed by atoms with E-state index in [0.29, 0.717) is 12.8 Å². The van der Waals surface area contributed by atoms with Gasteiger partial charge >= 0.3 is 0 Å². The third-order valence-electron chi connectivity index (χ3n) is 4.76. The van der Waals surface area contributed by atoms with Crippen LogP contribution in [0.15, 0.2) is 54.7 Å². The van der Waals surface area contributed by atoms with Crippen molar-refractivity contribution in [3.8, 4) is 0 Å². The number of aryl methyl sites for hydroxylation is 1. The zero-order valence-electron chi connectivity index (χ0n) is 14.7. The normalized spacial score (nSPS) is 18.0. The van der Waals surface area contributed by atoms with Gasteiger partial charge in [0.05, 0.1) is 0 Å². The smallest absolute Gasteiger partial charge is 0.220 e. The molecule has 25 heavy (non-hydrogen) atoms. The molecule has 2 aromatic rings. The van der Waals surface area contributed by atoms with Crippen molar-refractivity contribution < 1.29 is 4.79 Å². The molecule has 1 aliphatic heterocycles. The van der Waals surface area contributed by atoms with Crippen molar-refractivity contribution in [2.75, 3.05) is 19.6 Å². The van der Waals surface area contributed by atoms with Crippen molar-refractivity contribution in [3.05, 3.63) is 66.0 Å². The van der Waals surface area contributed by atoms with Crippen molar-refractivity contribution >= 4 is 5.91 Å². The number of nitrogens with one attached hydrogen (secondary N) is 1. The monoisotopic (exact) mass is 337 g/mol. The number of piperidine rings is 1. The van der Waals surface area contributed by atoms with Crippen molar-refractivity contribution in [2.45, 2.75) is 38.1 Å². The summed E-state index contributed by atoms with van der Waals surface area (Å²) in [5.74, 6) is 0.139. The fraction of sp³-hybridized carbons (Fsp3) is 0.429. The maximum Gasteiger partial charge on any atom is 0.220 e. The van der Waals surface area contributed by atoms with E-state index in [-0.39, 0.29) is 11.9 Å². The molecule has 0 unspecified atom stereocenters. The van der Waals surface area contributed by atoms with E-state index in [4.69, 9.17) is 0 Å². The zero-order valence-corrected chi connectivity index (χ0v) is 14.7. The molecule has 1 amide bonds. The first-order chi connectivity index (χ1) is 12.3. The van der Waals surface area contributed by atoms with Crippen LogP contribution in [0, 0.1) is 0 Å². The topological polar surface area (TPSA) is 45.2 Å². The number of hydrogen-bond donors (Lipinski definition) is 1. The van der Waals surface area contributed by atoms with Crippen LogP contribution in [-0.4, -0.2) is 41.5 Å². The van der Waals surface area contributed by atoms with Crippen LogP contribution in [-0.2, 0) is 17.6 Å². The molecule has 1 fully saturated rings. The van der Waals surface area contributed by atoms with Crippen molar-refractivity contribution in [3.63, 3.8) is 0 Å². The van der Waals surface area contributed by atoms with Gasteiger partial charge in [0, 0.05) is 37.4 Å². The predicted molar refractivity (Wildman–Crippen MR) is 100 cm³/mol. The number of aromatic nitrogens is 1. The summed E-state index contributed by atoms with van der Waals surface area (Å²) in [4.78, 5) is 19.0. The molecule has 1 aromatic heterocycles. The van der Waals surface area contributed by atoms with E-state index in [2.05, 4.69) is 45.5 Å². The fourth-order valence-corrected chi connectivity index (χ4v) is 3.40. The fourth-order valence-electron chi connectivity index (χ4n) is 3.40. The van der Waals surface area contributed by atoms with Crippen LogP contribution in [0.3, 0.4) is 0 Å². The molecule has 1 N–H and O–H groups in total. The van der Waals surface area contributed by atoms with Crippen molar-refractivity contribution in [1.82, 2.24) is 15.2 Å². The maximum atomic E-state index is 12.2. The highest BCUT2D eigenvalue weighted by Gasteiger charge is 2.21. The second kappa shape index (κ2) is 9.33. The van der Waals surface area contributed by atoms with E-state index in [0.717, 1.165) is 44.6 Å². The van der Waals surface area contributed by atoms with Crippen LogP contribution in [0.2, 0.25) is 0 Å². The molecule has 132 valence electrons. The average molecular weight is 337 g/mol. The van der Waals surface area contributed by atoms with Gasteiger partial charge in [0.1, 0.15) is 0 Å². The van der Waals surface area contributed by atoms with Gasteiger partial charge in [-0.1, -0.05) is 36.4 Å². The predicted octanol–water partition coefficient (Wildman–Crippen LogP) is 2.84. The molecular weight excluding hydrogens is 310 g/mol. The lowest BCUT2D eigenvalue weighted by molar-refractivity contribution is -0.122. The first-order valence-electron chi connectivity index (χ1n) is 9.25. The second-order valence-corrected chi connectivity index (χ2v) is 6.76. The highest BCUT2D eigenvalue weighted by atomic mass is 16.1. The van der Waals surface area contributed by atoms with E-state index in [1.165, 1.54) is 5.56 Å². The van der Waals surface area contributed by atoms with E-state index in [9.17, 15) is 4.79 Å². The Labute approximate surface area is 150 Å². The molecule has 1 saturated heterocycles. The van der Waals surface area contributed by atoms with Gasteiger partial charge in [-0.15, -0.1) is 0 Å². The highest BCUT2D eigenvalue weighted by Crippen LogP contribution is 2.12. The van der Waals surface area contributed by atoms with Gasteiger partial charge in [0.25, 0.3) is 0 Å². The highest BCUT2D eigenvalue weighted by molar-refractivity contribution is 5.76. The molecular formula is C21H27N3O. The molecule has 1 aliphatic rings. The molecule has 0 radical (unpaired) electrons. The second-order valence-electron chi connectivity index (χ2n) is 6.76. The van der Waals surface area contributed by atoms with Crippen LogP contribution in [0.1, 0.15) is 30.5 Å². The Hall–Kier alpha value is -2.20. The largest absolute Gasteiger partial charge is 0.352 e. The number of pyridine rings is 1. The van der Waals surface area contributed by atoms with E-state index in [1.807, 2.05) is 18.2 Å². The molecule has 0 saturated carbocycles. The minimum absolute atomic E-state index is 0.139. The Balaban J connectivity index is 1.39. The van der Waals surface area contributed by atoms with Gasteiger partial charge < -0.3 is 10.2 Å². The number of hydrogen-bond acceptors (Lipinski definition) is 3. The summed E-state index contributed by atoms with van der Waals surface area (Å²) in [6.07, 6.45) is 6.30. The van der Waals surface area contributed by atoms with Crippen LogP contribution >= 0.6 is 0 Å². The Bertz CT molecular complexity index is 645. The molecule has 2 heterocycles. The SMILES string of the molecule is O=C(CCc1ccccn1)N[C@H]1CCCN(CCc2ccccc2)C1. The standard InChI is InChI=1S/C21H27N3O/c25-21(12-11-19-9-4-5-14-22-19)23-20-10-6-15-24(17-20)16-13-18-7-2-1-3-8-18/h1-5,7-9,14,20H,6,10-13,15-17H2,(H,23,25)/t20-/m0/s1. The number of likely N-dealkylation sites (tertiary alicyclic amines) is 1. The van der Waals surface area contributed by atoms with Gasteiger partial charge in [0.15, 0.2) is 0 Å². The van der Waals surface area contributed by atoms with Gasteiger partial charge in [-0.05, 0) is 49.9 Å². The third-order valence-corrected chi connectivity index (χ3v) is 4.76. The number of benzene rings is 1. The summed E-state index contributed by atoms with van der Waals surface area (Å²) in [7, 11) is 0. The van der Waals surface area contributed by atoms with Crippen LogP contribution in [0.4, 0.5) is 0 Å². The summed E-state index contributed by atoms with van der Waals surface area (Å²) < 4.78 is 0. The third kappa shape index (κ3) is 5.98. The molecule has 3 rings (SSSR count). The summed E-state index contributed by atoms with van der Waals surface area (Å²) in [5, 5.41) is 3.21. The molecule has 4 heteroatoms. The number of nitrogens with zero attached hydrogens (tertiary/aromatic N) is 2. The minimum Gasteiger partial charge on any atom is -0.352 e. The van der Waals surface area contributed by atoms with Crippen molar-refractivity contribution in [2.24, 2.45) is 0 Å². The van der Waals surface area contributed by atoms with E-state index in [1.54, 1.807) is 6.20 Å². The van der Waals surface area contributed by atoms with Crippen LogP contribution in [0.25, 0.3) is 0 Å². The van der Waals surface area contributed by atoms with Gasteiger partial charge in [-0.25, -0.2) is 0 Å². The van der Waals surface area contributed by atoms with Crippen molar-refractivity contribution in [1.29, 1.82) is 0 Å². The number of amides is 1. The quantitative estimate of drug-likeness (QED) is 0.845. The lowest BCUT2D eigenvalue weighted by Crippen LogP contribution is -2.48. The molecule has 1 aromatic carbocycles.